The third-order valence-electron chi connectivity index (χ3n) is 4.55. The van der Waals surface area contributed by atoms with Crippen LogP contribution >= 0.6 is 0 Å². The second kappa shape index (κ2) is 8.76. The molecule has 27 heavy (non-hydrogen) atoms. The summed E-state index contributed by atoms with van der Waals surface area (Å²) in [6, 6.07) is -0.246. The number of imidazole rings is 1. The van der Waals surface area contributed by atoms with Crippen LogP contribution in [0.3, 0.4) is 0 Å². The zero-order valence-corrected chi connectivity index (χ0v) is 15.6. The monoisotopic (exact) mass is 376 g/mol. The maximum atomic E-state index is 12.6. The first-order chi connectivity index (χ1) is 13.1. The minimum absolute atomic E-state index is 0.0281. The number of carbonyl (C=O) groups is 2. The van der Waals surface area contributed by atoms with Crippen molar-refractivity contribution in [2.45, 2.75) is 25.8 Å². The normalized spacial score (nSPS) is 17.1. The lowest BCUT2D eigenvalue weighted by molar-refractivity contribution is 0.0831. The van der Waals surface area contributed by atoms with Crippen molar-refractivity contribution in [3.05, 3.63) is 29.9 Å². The molecule has 10 nitrogen and oxygen atoms in total. The van der Waals surface area contributed by atoms with Gasteiger partial charge in [-0.25, -0.2) is 9.78 Å². The summed E-state index contributed by atoms with van der Waals surface area (Å²) in [6.45, 7) is 1.64. The molecule has 2 amide bonds. The van der Waals surface area contributed by atoms with Gasteiger partial charge in [0.1, 0.15) is 0 Å². The largest absolute Gasteiger partial charge is 0.384 e. The molecule has 1 aliphatic heterocycles. The van der Waals surface area contributed by atoms with Crippen LogP contribution in [-0.2, 0) is 24.8 Å². The molecule has 2 aromatic rings. The first-order valence-corrected chi connectivity index (χ1v) is 8.93. The second-order valence-electron chi connectivity index (χ2n) is 6.52. The van der Waals surface area contributed by atoms with Gasteiger partial charge in [0.2, 0.25) is 11.7 Å². The van der Waals surface area contributed by atoms with E-state index >= 15 is 0 Å². The van der Waals surface area contributed by atoms with Gasteiger partial charge in [-0.15, -0.1) is 0 Å². The zero-order valence-electron chi connectivity index (χ0n) is 15.6. The van der Waals surface area contributed by atoms with Crippen LogP contribution in [0, 0.1) is 5.92 Å². The maximum absolute atomic E-state index is 12.6. The van der Waals surface area contributed by atoms with E-state index in [0.717, 1.165) is 12.8 Å². The van der Waals surface area contributed by atoms with Crippen LogP contribution in [0.1, 0.15) is 35.2 Å². The number of hydrogen-bond acceptors (Lipinski definition) is 7. The molecule has 0 aromatic carbocycles. The standard InChI is InChI=1S/C17H24N6O4/c1-22-8-6-18-16(22)15(24)12-4-3-7-23(11-12)17(25)19-10-14-20-13(21-27-14)5-9-26-2/h6,8,12H,3-5,7,9-11H2,1-2H3,(H,19,25)/t12-/m1/s1. The van der Waals surface area contributed by atoms with Gasteiger partial charge in [0, 0.05) is 52.0 Å². The lowest BCUT2D eigenvalue weighted by atomic mass is 9.93. The average Bonchev–Trinajstić information content (AvgIpc) is 3.32. The molecule has 146 valence electrons. The number of aromatic nitrogens is 4. The maximum Gasteiger partial charge on any atom is 0.317 e. The van der Waals surface area contributed by atoms with Crippen LogP contribution < -0.4 is 5.32 Å². The SMILES string of the molecule is COCCc1noc(CNC(=O)N2CCC[C@@H](C(=O)c3nccn3C)C2)n1. The minimum Gasteiger partial charge on any atom is -0.384 e. The molecule has 0 saturated carbocycles. The van der Waals surface area contributed by atoms with E-state index in [4.69, 9.17) is 9.26 Å². The Morgan fingerprint density at radius 3 is 3.04 bits per heavy atom. The molecular weight excluding hydrogens is 352 g/mol. The third kappa shape index (κ3) is 4.70. The number of rotatable bonds is 7. The molecule has 10 heteroatoms. The topological polar surface area (TPSA) is 115 Å². The van der Waals surface area contributed by atoms with Crippen molar-refractivity contribution in [3.63, 3.8) is 0 Å². The highest BCUT2D eigenvalue weighted by Gasteiger charge is 2.30. The number of piperidine rings is 1. The van der Waals surface area contributed by atoms with Crippen molar-refractivity contribution < 1.29 is 18.8 Å². The van der Waals surface area contributed by atoms with Crippen LogP contribution in [0.4, 0.5) is 4.79 Å². The lowest BCUT2D eigenvalue weighted by Crippen LogP contribution is -2.47. The highest BCUT2D eigenvalue weighted by Crippen LogP contribution is 2.20. The molecule has 0 aliphatic carbocycles. The second-order valence-corrected chi connectivity index (χ2v) is 6.52. The minimum atomic E-state index is -0.246. The molecule has 3 rings (SSSR count). The smallest absolute Gasteiger partial charge is 0.317 e. The van der Waals surface area contributed by atoms with Crippen LogP contribution in [0.5, 0.6) is 0 Å². The molecule has 1 N–H and O–H groups in total. The Morgan fingerprint density at radius 1 is 1.44 bits per heavy atom. The summed E-state index contributed by atoms with van der Waals surface area (Å²) in [7, 11) is 3.39. The summed E-state index contributed by atoms with van der Waals surface area (Å²) >= 11 is 0. The van der Waals surface area contributed by atoms with Gasteiger partial charge < -0.3 is 24.0 Å². The summed E-state index contributed by atoms with van der Waals surface area (Å²) < 4.78 is 11.8. The molecule has 0 unspecified atom stereocenters. The molecule has 0 spiro atoms. The van der Waals surface area contributed by atoms with Gasteiger partial charge >= 0.3 is 6.03 Å². The Bertz CT molecular complexity index is 786. The van der Waals surface area contributed by atoms with Crippen molar-refractivity contribution in [3.8, 4) is 0 Å². The van der Waals surface area contributed by atoms with Gasteiger partial charge in [0.25, 0.3) is 0 Å². The predicted molar refractivity (Wildman–Crippen MR) is 93.9 cm³/mol. The quantitative estimate of drug-likeness (QED) is 0.711. The van der Waals surface area contributed by atoms with Gasteiger partial charge in [-0.05, 0) is 12.8 Å². The number of amides is 2. The highest BCUT2D eigenvalue weighted by atomic mass is 16.5. The van der Waals surface area contributed by atoms with E-state index in [1.807, 2.05) is 0 Å². The average molecular weight is 376 g/mol. The van der Waals surface area contributed by atoms with Crippen LogP contribution in [-0.4, -0.2) is 63.2 Å². The Morgan fingerprint density at radius 2 is 2.30 bits per heavy atom. The van der Waals surface area contributed by atoms with Gasteiger partial charge in [0.15, 0.2) is 11.6 Å². The highest BCUT2D eigenvalue weighted by molar-refractivity contribution is 5.95. The van der Waals surface area contributed by atoms with Crippen molar-refractivity contribution in [2.75, 3.05) is 26.8 Å². The van der Waals surface area contributed by atoms with Crippen LogP contribution in [0.15, 0.2) is 16.9 Å². The summed E-state index contributed by atoms with van der Waals surface area (Å²) in [5, 5.41) is 6.60. The molecule has 1 fully saturated rings. The molecule has 1 saturated heterocycles. The fourth-order valence-electron chi connectivity index (χ4n) is 3.08. The zero-order chi connectivity index (χ0) is 19.2. The Kier molecular flexibility index (Phi) is 6.17. The number of hydrogen-bond donors (Lipinski definition) is 1. The van der Waals surface area contributed by atoms with Crippen LogP contribution in [0.2, 0.25) is 0 Å². The molecule has 0 bridgehead atoms. The van der Waals surface area contributed by atoms with E-state index in [-0.39, 0.29) is 24.3 Å². The van der Waals surface area contributed by atoms with E-state index in [1.54, 1.807) is 36.0 Å². The Hall–Kier alpha value is -2.75. The summed E-state index contributed by atoms with van der Waals surface area (Å²) in [5.74, 6) is 1.04. The molecule has 3 heterocycles. The molecule has 0 radical (unpaired) electrons. The van der Waals surface area contributed by atoms with Crippen molar-refractivity contribution >= 4 is 11.8 Å². The van der Waals surface area contributed by atoms with Crippen molar-refractivity contribution in [2.24, 2.45) is 13.0 Å². The first kappa shape index (κ1) is 19.0. The number of ether oxygens (including phenoxy) is 1. The number of Topliss-reactive ketones (excluding diaryl/α,β-unsaturated/α-hetero) is 1. The van der Waals surface area contributed by atoms with Gasteiger partial charge in [-0.2, -0.15) is 4.98 Å². The molecule has 1 aliphatic rings. The number of methoxy groups -OCH3 is 1. The predicted octanol–water partition coefficient (Wildman–Crippen LogP) is 0.796. The van der Waals surface area contributed by atoms with E-state index in [0.29, 0.717) is 43.7 Å². The fourth-order valence-corrected chi connectivity index (χ4v) is 3.08. The third-order valence-corrected chi connectivity index (χ3v) is 4.55. The number of aryl methyl sites for hydroxylation is 1. The number of nitrogens with one attached hydrogen (secondary N) is 1. The molecular formula is C17H24N6O4. The van der Waals surface area contributed by atoms with Crippen LogP contribution in [0.25, 0.3) is 0 Å². The molecule has 1 atom stereocenters. The molecule has 2 aromatic heterocycles. The Labute approximate surface area is 156 Å². The summed E-state index contributed by atoms with van der Waals surface area (Å²) in [5.41, 5.74) is 0. The van der Waals surface area contributed by atoms with Gasteiger partial charge in [0.05, 0.1) is 13.2 Å². The number of likely N-dealkylation sites (tertiary alicyclic amines) is 1. The fraction of sp³-hybridized carbons (Fsp3) is 0.588. The van der Waals surface area contributed by atoms with E-state index in [9.17, 15) is 9.59 Å². The van der Waals surface area contributed by atoms with Gasteiger partial charge in [-0.1, -0.05) is 5.16 Å². The number of nitrogens with zero attached hydrogens (tertiary/aromatic N) is 5. The van der Waals surface area contributed by atoms with E-state index in [2.05, 4.69) is 20.4 Å². The van der Waals surface area contributed by atoms with Gasteiger partial charge in [-0.3, -0.25) is 4.79 Å². The first-order valence-electron chi connectivity index (χ1n) is 8.93. The van der Waals surface area contributed by atoms with E-state index in [1.165, 1.54) is 0 Å². The Balaban J connectivity index is 1.51. The van der Waals surface area contributed by atoms with Crippen molar-refractivity contribution in [1.29, 1.82) is 0 Å². The number of carbonyl (C=O) groups excluding carboxylic acids is 2. The van der Waals surface area contributed by atoms with Crippen molar-refractivity contribution in [1.82, 2.24) is 29.9 Å². The summed E-state index contributed by atoms with van der Waals surface area (Å²) in [6.07, 6.45) is 5.42. The van der Waals surface area contributed by atoms with E-state index < -0.39 is 0 Å². The number of urea groups is 1. The summed E-state index contributed by atoms with van der Waals surface area (Å²) in [4.78, 5) is 35.0. The number of ketones is 1. The lowest BCUT2D eigenvalue weighted by Gasteiger charge is -2.31.